The number of rotatable bonds is 14. The molecule has 0 aliphatic heterocycles. The van der Waals surface area contributed by atoms with Crippen molar-refractivity contribution in [3.05, 3.63) is 0 Å². The highest BCUT2D eigenvalue weighted by Crippen LogP contribution is 2.07. The fourth-order valence-electron chi connectivity index (χ4n) is 1.35. The van der Waals surface area contributed by atoms with E-state index in [1.807, 2.05) is 6.92 Å². The molecule has 0 fully saturated rings. The minimum Gasteiger partial charge on any atom is -0.481 e. The molecule has 23 heavy (non-hydrogen) atoms. The third-order valence-electron chi connectivity index (χ3n) is 2.40. The van der Waals surface area contributed by atoms with E-state index in [0.29, 0.717) is 26.4 Å². The van der Waals surface area contributed by atoms with Crippen molar-refractivity contribution in [2.24, 2.45) is 0 Å². The molecule has 2 N–H and O–H groups in total. The second-order valence-corrected chi connectivity index (χ2v) is 5.79. The normalized spacial score (nSPS) is 12.8. The fraction of sp³-hybridized carbons (Fsp3) is 0.833. The van der Waals surface area contributed by atoms with E-state index in [-0.39, 0.29) is 19.8 Å². The molecule has 0 radical (unpaired) electrons. The molecule has 10 nitrogen and oxygen atoms in total. The van der Waals surface area contributed by atoms with Crippen molar-refractivity contribution in [3.8, 4) is 0 Å². The van der Waals surface area contributed by atoms with Crippen LogP contribution in [0.15, 0.2) is 0 Å². The number of aliphatic carboxylic acids is 1. The fourth-order valence-corrected chi connectivity index (χ4v) is 2.01. The zero-order valence-corrected chi connectivity index (χ0v) is 13.6. The first-order valence-electron chi connectivity index (χ1n) is 6.87. The molecule has 0 aliphatic carbocycles. The molecule has 0 spiro atoms. The summed E-state index contributed by atoms with van der Waals surface area (Å²) in [6.07, 6.45) is -1.08. The Morgan fingerprint density at radius 3 is 1.87 bits per heavy atom. The van der Waals surface area contributed by atoms with Crippen LogP contribution in [0.5, 0.6) is 0 Å². The molecule has 11 heteroatoms. The van der Waals surface area contributed by atoms with E-state index in [9.17, 15) is 18.0 Å². The minimum atomic E-state index is -4.85. The number of carboxylic acid groups (broad SMARTS) is 1. The molecule has 0 bridgehead atoms. The lowest BCUT2D eigenvalue weighted by molar-refractivity contribution is -0.148. The average Bonchev–Trinajstić information content (AvgIpc) is 2.45. The van der Waals surface area contributed by atoms with Crippen molar-refractivity contribution in [2.75, 3.05) is 46.2 Å². The number of carbonyl (C=O) groups is 2. The zero-order chi connectivity index (χ0) is 17.7. The van der Waals surface area contributed by atoms with Gasteiger partial charge in [0.1, 0.15) is 6.61 Å². The van der Waals surface area contributed by atoms with Crippen LogP contribution in [0.25, 0.3) is 0 Å². The summed E-state index contributed by atoms with van der Waals surface area (Å²) in [6.45, 7) is 3.64. The Bertz CT molecular complexity index is 447. The molecule has 0 saturated carbocycles. The molecule has 0 rings (SSSR count). The Balaban J connectivity index is 3.82. The van der Waals surface area contributed by atoms with Gasteiger partial charge in [-0.1, -0.05) is 0 Å². The van der Waals surface area contributed by atoms with Gasteiger partial charge in [-0.15, -0.1) is 0 Å². The SMILES string of the molecule is CCOCCOCCOCCOC(=O)C(CC(=O)O)S(=O)(=O)O. The zero-order valence-electron chi connectivity index (χ0n) is 12.8. The maximum Gasteiger partial charge on any atom is 0.327 e. The average molecular weight is 358 g/mol. The first-order chi connectivity index (χ1) is 10.8. The van der Waals surface area contributed by atoms with Crippen LogP contribution in [0.4, 0.5) is 0 Å². The molecule has 1 atom stereocenters. The standard InChI is InChI=1S/C12H22O10S/c1-2-19-3-4-20-5-6-21-7-8-22-12(15)10(9-11(13)14)23(16,17)18/h10H,2-9H2,1H3,(H,13,14)(H,16,17,18). The number of esters is 1. The number of carbonyl (C=O) groups excluding carboxylic acids is 1. The van der Waals surface area contributed by atoms with Crippen molar-refractivity contribution < 1.29 is 46.6 Å². The summed E-state index contributed by atoms with van der Waals surface area (Å²) in [7, 11) is -4.85. The second kappa shape index (κ2) is 12.2. The van der Waals surface area contributed by atoms with Crippen LogP contribution in [-0.4, -0.2) is 81.5 Å². The molecule has 0 amide bonds. The molecule has 0 aromatic rings. The van der Waals surface area contributed by atoms with Crippen LogP contribution in [-0.2, 0) is 38.7 Å². The van der Waals surface area contributed by atoms with Crippen molar-refractivity contribution in [1.82, 2.24) is 0 Å². The number of carboxylic acids is 1. The minimum absolute atomic E-state index is 0.0220. The Kier molecular flexibility index (Phi) is 11.5. The molecule has 0 aliphatic rings. The Hall–Kier alpha value is -1.27. The first-order valence-corrected chi connectivity index (χ1v) is 8.37. The molecule has 0 aromatic heterocycles. The van der Waals surface area contributed by atoms with Gasteiger partial charge in [-0.25, -0.2) is 0 Å². The lowest BCUT2D eigenvalue weighted by Gasteiger charge is -2.11. The van der Waals surface area contributed by atoms with Gasteiger partial charge in [0.15, 0.2) is 5.25 Å². The molecular formula is C12H22O10S. The van der Waals surface area contributed by atoms with Crippen molar-refractivity contribution in [1.29, 1.82) is 0 Å². The van der Waals surface area contributed by atoms with Gasteiger partial charge in [-0.2, -0.15) is 8.42 Å². The third kappa shape index (κ3) is 11.9. The van der Waals surface area contributed by atoms with Crippen LogP contribution in [0.3, 0.4) is 0 Å². The molecular weight excluding hydrogens is 336 g/mol. The predicted molar refractivity (Wildman–Crippen MR) is 76.7 cm³/mol. The van der Waals surface area contributed by atoms with Gasteiger partial charge in [0.2, 0.25) is 0 Å². The third-order valence-corrected chi connectivity index (χ3v) is 3.48. The Labute approximate surface area is 134 Å². The van der Waals surface area contributed by atoms with Crippen molar-refractivity contribution in [3.63, 3.8) is 0 Å². The summed E-state index contributed by atoms with van der Waals surface area (Å²) >= 11 is 0. The maximum absolute atomic E-state index is 11.4. The van der Waals surface area contributed by atoms with Crippen LogP contribution >= 0.6 is 0 Å². The topological polar surface area (TPSA) is 146 Å². The second-order valence-electron chi connectivity index (χ2n) is 4.19. The summed E-state index contributed by atoms with van der Waals surface area (Å²) in [6, 6.07) is 0. The molecule has 0 heterocycles. The molecule has 0 saturated heterocycles. The van der Waals surface area contributed by atoms with Gasteiger partial charge in [0.25, 0.3) is 10.1 Å². The van der Waals surface area contributed by atoms with Crippen LogP contribution < -0.4 is 0 Å². The van der Waals surface area contributed by atoms with Gasteiger partial charge in [0, 0.05) is 6.61 Å². The van der Waals surface area contributed by atoms with Crippen LogP contribution in [0, 0.1) is 0 Å². The quantitative estimate of drug-likeness (QED) is 0.233. The highest BCUT2D eigenvalue weighted by molar-refractivity contribution is 7.87. The summed E-state index contributed by atoms with van der Waals surface area (Å²) < 4.78 is 50.5. The Morgan fingerprint density at radius 2 is 1.43 bits per heavy atom. The van der Waals surface area contributed by atoms with Crippen LogP contribution in [0.2, 0.25) is 0 Å². The Morgan fingerprint density at radius 1 is 0.957 bits per heavy atom. The summed E-state index contributed by atoms with van der Waals surface area (Å²) in [4.78, 5) is 21.9. The van der Waals surface area contributed by atoms with E-state index in [0.717, 1.165) is 0 Å². The summed E-state index contributed by atoms with van der Waals surface area (Å²) in [5.74, 6) is -2.89. The van der Waals surface area contributed by atoms with E-state index < -0.39 is 33.7 Å². The smallest absolute Gasteiger partial charge is 0.327 e. The van der Waals surface area contributed by atoms with E-state index in [2.05, 4.69) is 4.74 Å². The number of ether oxygens (including phenoxy) is 4. The lowest BCUT2D eigenvalue weighted by Crippen LogP contribution is -2.34. The van der Waals surface area contributed by atoms with Crippen LogP contribution in [0.1, 0.15) is 13.3 Å². The maximum atomic E-state index is 11.4. The predicted octanol–water partition coefficient (Wildman–Crippen LogP) is -0.670. The largest absolute Gasteiger partial charge is 0.481 e. The molecule has 136 valence electrons. The highest BCUT2D eigenvalue weighted by atomic mass is 32.2. The summed E-state index contributed by atoms with van der Waals surface area (Å²) in [5.41, 5.74) is 0. The van der Waals surface area contributed by atoms with Gasteiger partial charge < -0.3 is 24.1 Å². The number of hydrogen-bond donors (Lipinski definition) is 2. The number of hydrogen-bond acceptors (Lipinski definition) is 8. The van der Waals surface area contributed by atoms with E-state index in [1.165, 1.54) is 0 Å². The first kappa shape index (κ1) is 21.7. The lowest BCUT2D eigenvalue weighted by atomic mass is 10.3. The molecule has 0 aromatic carbocycles. The van der Waals surface area contributed by atoms with Gasteiger partial charge >= 0.3 is 11.9 Å². The molecule has 1 unspecified atom stereocenters. The van der Waals surface area contributed by atoms with E-state index in [1.54, 1.807) is 0 Å². The monoisotopic (exact) mass is 358 g/mol. The van der Waals surface area contributed by atoms with Gasteiger partial charge in [-0.05, 0) is 6.92 Å². The van der Waals surface area contributed by atoms with Crippen molar-refractivity contribution >= 4 is 22.1 Å². The van der Waals surface area contributed by atoms with Crippen molar-refractivity contribution in [2.45, 2.75) is 18.6 Å². The highest BCUT2D eigenvalue weighted by Gasteiger charge is 2.34. The van der Waals surface area contributed by atoms with Gasteiger partial charge in [0.05, 0.1) is 39.5 Å². The van der Waals surface area contributed by atoms with Gasteiger partial charge in [-0.3, -0.25) is 14.1 Å². The van der Waals surface area contributed by atoms with E-state index in [4.69, 9.17) is 23.9 Å². The van der Waals surface area contributed by atoms with E-state index >= 15 is 0 Å². The summed E-state index contributed by atoms with van der Waals surface area (Å²) in [5, 5.41) is 6.36.